The number of rotatable bonds is 6. The molecule has 0 aromatic heterocycles. The van der Waals surface area contributed by atoms with Gasteiger partial charge in [0.1, 0.15) is 0 Å². The van der Waals surface area contributed by atoms with E-state index in [1.54, 1.807) is 0 Å². The van der Waals surface area contributed by atoms with Crippen LogP contribution in [0, 0.1) is 0 Å². The lowest BCUT2D eigenvalue weighted by molar-refractivity contribution is 0.0635. The molecule has 1 fully saturated rings. The monoisotopic (exact) mass is 428 g/mol. The third kappa shape index (κ3) is 5.19. The van der Waals surface area contributed by atoms with Crippen molar-refractivity contribution in [2.75, 3.05) is 18.4 Å². The van der Waals surface area contributed by atoms with Crippen molar-refractivity contribution in [3.05, 3.63) is 64.1 Å². The number of halogens is 1. The van der Waals surface area contributed by atoms with E-state index in [2.05, 4.69) is 28.2 Å². The second kappa shape index (κ2) is 9.18. The Kier molecular flexibility index (Phi) is 6.67. The van der Waals surface area contributed by atoms with Gasteiger partial charge in [0.05, 0.1) is 0 Å². The Hall–Kier alpha value is -2.14. The molecule has 4 nitrogen and oxygen atoms in total. The molecule has 0 radical (unpaired) electrons. The second-order valence-electron chi connectivity index (χ2n) is 7.03. The van der Waals surface area contributed by atoms with E-state index in [1.807, 2.05) is 53.4 Å². The maximum atomic E-state index is 12.7. The summed E-state index contributed by atoms with van der Waals surface area (Å²) in [5.74, 6) is 0.222. The number of carbonyl (C=O) groups excluding carboxylic acids is 2. The van der Waals surface area contributed by atoms with Crippen molar-refractivity contribution < 1.29 is 9.59 Å². The smallest absolute Gasteiger partial charge is 0.254 e. The van der Waals surface area contributed by atoms with Gasteiger partial charge in [-0.1, -0.05) is 28.1 Å². The number of nitrogens with one attached hydrogen (secondary N) is 1. The minimum Gasteiger partial charge on any atom is -0.385 e. The standard InChI is InChI=1S/C22H25BrN2O2/c1-16-4-2-3-15-25(16)22(27)18-7-11-20(12-8-18)24-14-13-21(26)17-5-9-19(23)10-6-17/h5-12,16,24H,2-4,13-15H2,1H3/t16-/m1/s1. The van der Waals surface area contributed by atoms with Gasteiger partial charge in [0.15, 0.2) is 5.78 Å². The van der Waals surface area contributed by atoms with E-state index in [1.165, 1.54) is 6.42 Å². The molecule has 3 rings (SSSR count). The third-order valence-electron chi connectivity index (χ3n) is 5.04. The molecule has 1 heterocycles. The van der Waals surface area contributed by atoms with Crippen molar-refractivity contribution in [2.45, 2.75) is 38.6 Å². The Bertz CT molecular complexity index is 787. The van der Waals surface area contributed by atoms with Crippen LogP contribution in [0.4, 0.5) is 5.69 Å². The van der Waals surface area contributed by atoms with Gasteiger partial charge in [-0.3, -0.25) is 9.59 Å². The highest BCUT2D eigenvalue weighted by atomic mass is 79.9. The number of hydrogen-bond donors (Lipinski definition) is 1. The topological polar surface area (TPSA) is 49.4 Å². The number of likely N-dealkylation sites (tertiary alicyclic amines) is 1. The van der Waals surface area contributed by atoms with Crippen LogP contribution >= 0.6 is 15.9 Å². The zero-order valence-corrected chi connectivity index (χ0v) is 17.2. The summed E-state index contributed by atoms with van der Waals surface area (Å²) in [6.45, 7) is 3.53. The van der Waals surface area contributed by atoms with Crippen molar-refractivity contribution in [1.29, 1.82) is 0 Å². The molecule has 0 bridgehead atoms. The molecule has 1 N–H and O–H groups in total. The molecule has 1 aliphatic heterocycles. The van der Waals surface area contributed by atoms with Crippen molar-refractivity contribution in [3.63, 3.8) is 0 Å². The number of benzene rings is 2. The number of ketones is 1. The molecule has 27 heavy (non-hydrogen) atoms. The van der Waals surface area contributed by atoms with Crippen LogP contribution in [0.25, 0.3) is 0 Å². The number of nitrogens with zero attached hydrogens (tertiary/aromatic N) is 1. The number of anilines is 1. The highest BCUT2D eigenvalue weighted by Gasteiger charge is 2.23. The molecule has 1 amide bonds. The van der Waals surface area contributed by atoms with Gasteiger partial charge >= 0.3 is 0 Å². The first kappa shape index (κ1) is 19.6. The zero-order chi connectivity index (χ0) is 19.2. The summed E-state index contributed by atoms with van der Waals surface area (Å²) in [5, 5.41) is 3.26. The number of piperidine rings is 1. The lowest BCUT2D eigenvalue weighted by Gasteiger charge is -2.33. The van der Waals surface area contributed by atoms with Crippen LogP contribution < -0.4 is 5.32 Å². The number of carbonyl (C=O) groups is 2. The Morgan fingerprint density at radius 3 is 2.37 bits per heavy atom. The average molecular weight is 429 g/mol. The lowest BCUT2D eigenvalue weighted by Crippen LogP contribution is -2.41. The summed E-state index contributed by atoms with van der Waals surface area (Å²) in [7, 11) is 0. The molecule has 0 unspecified atom stereocenters. The Labute approximate surface area is 169 Å². The maximum Gasteiger partial charge on any atom is 0.254 e. The minimum absolute atomic E-state index is 0.110. The molecule has 2 aromatic carbocycles. The highest BCUT2D eigenvalue weighted by Crippen LogP contribution is 2.20. The van der Waals surface area contributed by atoms with Gasteiger partial charge in [0, 0.05) is 46.8 Å². The van der Waals surface area contributed by atoms with E-state index in [-0.39, 0.29) is 11.7 Å². The number of Topliss-reactive ketones (excluding diaryl/α,β-unsaturated/α-hetero) is 1. The first-order valence-electron chi connectivity index (χ1n) is 9.48. The number of amides is 1. The summed E-state index contributed by atoms with van der Waals surface area (Å²) < 4.78 is 0.964. The van der Waals surface area contributed by atoms with Crippen LogP contribution in [0.2, 0.25) is 0 Å². The fourth-order valence-corrected chi connectivity index (χ4v) is 3.66. The minimum atomic E-state index is 0.110. The van der Waals surface area contributed by atoms with Gasteiger partial charge in [0.2, 0.25) is 0 Å². The molecule has 0 saturated carbocycles. The van der Waals surface area contributed by atoms with Crippen molar-refractivity contribution >= 4 is 33.3 Å². The fourth-order valence-electron chi connectivity index (χ4n) is 3.40. The van der Waals surface area contributed by atoms with Crippen LogP contribution in [-0.2, 0) is 0 Å². The van der Waals surface area contributed by atoms with Crippen molar-refractivity contribution in [2.24, 2.45) is 0 Å². The number of hydrogen-bond acceptors (Lipinski definition) is 3. The quantitative estimate of drug-likeness (QED) is 0.647. The van der Waals surface area contributed by atoms with E-state index in [0.717, 1.165) is 40.7 Å². The zero-order valence-electron chi connectivity index (χ0n) is 15.6. The van der Waals surface area contributed by atoms with Crippen LogP contribution in [0.5, 0.6) is 0 Å². The largest absolute Gasteiger partial charge is 0.385 e. The predicted octanol–water partition coefficient (Wildman–Crippen LogP) is 5.15. The summed E-state index contributed by atoms with van der Waals surface area (Å²) >= 11 is 3.37. The third-order valence-corrected chi connectivity index (χ3v) is 5.57. The second-order valence-corrected chi connectivity index (χ2v) is 7.94. The maximum absolute atomic E-state index is 12.7. The van der Waals surface area contributed by atoms with Crippen LogP contribution in [-0.4, -0.2) is 35.7 Å². The molecular formula is C22H25BrN2O2. The van der Waals surface area contributed by atoms with E-state index in [9.17, 15) is 9.59 Å². The van der Waals surface area contributed by atoms with Crippen molar-refractivity contribution in [3.8, 4) is 0 Å². The first-order valence-corrected chi connectivity index (χ1v) is 10.3. The molecule has 2 aromatic rings. The van der Waals surface area contributed by atoms with Gasteiger partial charge in [-0.15, -0.1) is 0 Å². The summed E-state index contributed by atoms with van der Waals surface area (Å²) in [6, 6.07) is 15.3. The predicted molar refractivity (Wildman–Crippen MR) is 112 cm³/mol. The summed E-state index contributed by atoms with van der Waals surface area (Å²) in [5.41, 5.74) is 2.36. The lowest BCUT2D eigenvalue weighted by atomic mass is 10.0. The fraction of sp³-hybridized carbons (Fsp3) is 0.364. The van der Waals surface area contributed by atoms with E-state index < -0.39 is 0 Å². The molecule has 0 spiro atoms. The van der Waals surface area contributed by atoms with Crippen molar-refractivity contribution in [1.82, 2.24) is 4.90 Å². The Morgan fingerprint density at radius 1 is 1.04 bits per heavy atom. The molecule has 1 saturated heterocycles. The molecule has 142 valence electrons. The van der Waals surface area contributed by atoms with E-state index >= 15 is 0 Å². The average Bonchev–Trinajstić information content (AvgIpc) is 2.69. The molecule has 0 aliphatic carbocycles. The normalized spacial score (nSPS) is 16.8. The van der Waals surface area contributed by atoms with Gasteiger partial charge in [-0.2, -0.15) is 0 Å². The SMILES string of the molecule is C[C@@H]1CCCCN1C(=O)c1ccc(NCCC(=O)c2ccc(Br)cc2)cc1. The Morgan fingerprint density at radius 2 is 1.70 bits per heavy atom. The molecule has 5 heteroatoms. The van der Waals surface area contributed by atoms with Gasteiger partial charge < -0.3 is 10.2 Å². The van der Waals surface area contributed by atoms with E-state index in [4.69, 9.17) is 0 Å². The van der Waals surface area contributed by atoms with Crippen LogP contribution in [0.1, 0.15) is 53.3 Å². The highest BCUT2D eigenvalue weighted by molar-refractivity contribution is 9.10. The summed E-state index contributed by atoms with van der Waals surface area (Å²) in [6.07, 6.45) is 3.79. The van der Waals surface area contributed by atoms with Gasteiger partial charge in [-0.05, 0) is 62.6 Å². The Balaban J connectivity index is 1.51. The molecular weight excluding hydrogens is 404 g/mol. The summed E-state index contributed by atoms with van der Waals surface area (Å²) in [4.78, 5) is 26.8. The molecule has 1 aliphatic rings. The van der Waals surface area contributed by atoms with Gasteiger partial charge in [0.25, 0.3) is 5.91 Å². The molecule has 1 atom stereocenters. The first-order chi connectivity index (χ1) is 13.0. The van der Waals surface area contributed by atoms with Crippen LogP contribution in [0.3, 0.4) is 0 Å². The van der Waals surface area contributed by atoms with E-state index in [0.29, 0.717) is 19.0 Å². The van der Waals surface area contributed by atoms with Crippen LogP contribution in [0.15, 0.2) is 53.0 Å². The van der Waals surface area contributed by atoms with Gasteiger partial charge in [-0.25, -0.2) is 0 Å².